The molecule has 21 heavy (non-hydrogen) atoms. The first-order chi connectivity index (χ1) is 9.72. The van der Waals surface area contributed by atoms with Gasteiger partial charge in [0.1, 0.15) is 0 Å². The molecule has 1 aliphatic rings. The Morgan fingerprint density at radius 2 is 1.86 bits per heavy atom. The summed E-state index contributed by atoms with van der Waals surface area (Å²) in [5.41, 5.74) is 2.86. The van der Waals surface area contributed by atoms with E-state index in [2.05, 4.69) is 62.2 Å². The molecule has 0 amide bonds. The summed E-state index contributed by atoms with van der Waals surface area (Å²) in [5, 5.41) is 8.10. The van der Waals surface area contributed by atoms with Crippen LogP contribution in [0.5, 0.6) is 0 Å². The highest BCUT2D eigenvalue weighted by atomic mass is 15.3. The molecule has 0 bridgehead atoms. The third kappa shape index (κ3) is 3.20. The zero-order chi connectivity index (χ0) is 15.3. The van der Waals surface area contributed by atoms with Gasteiger partial charge in [-0.1, -0.05) is 27.7 Å². The number of aromatic nitrogens is 3. The largest absolute Gasteiger partial charge is 0.350 e. The number of hydrogen-bond donors (Lipinski definition) is 1. The van der Waals surface area contributed by atoms with E-state index in [4.69, 9.17) is 0 Å². The Labute approximate surface area is 127 Å². The number of aryl methyl sites for hydroxylation is 1. The molecule has 2 heterocycles. The van der Waals surface area contributed by atoms with Gasteiger partial charge in [-0.05, 0) is 54.7 Å². The van der Waals surface area contributed by atoms with E-state index in [0.29, 0.717) is 16.9 Å². The Kier molecular flexibility index (Phi) is 3.23. The number of hydrogen-bond acceptors (Lipinski definition) is 3. The summed E-state index contributed by atoms with van der Waals surface area (Å²) in [4.78, 5) is 4.60. The maximum absolute atomic E-state index is 4.60. The number of fused-ring (bicyclic) bond motifs is 1. The lowest BCUT2D eigenvalue weighted by molar-refractivity contribution is 0.105. The van der Waals surface area contributed by atoms with E-state index in [1.807, 2.05) is 10.7 Å². The number of nitrogens with zero attached hydrogens (tertiary/aromatic N) is 3. The molecule has 0 aromatic carbocycles. The van der Waals surface area contributed by atoms with E-state index in [0.717, 1.165) is 11.6 Å². The van der Waals surface area contributed by atoms with Crippen molar-refractivity contribution in [1.29, 1.82) is 0 Å². The van der Waals surface area contributed by atoms with Crippen molar-refractivity contribution in [2.45, 2.75) is 59.9 Å². The molecular weight excluding hydrogens is 260 g/mol. The van der Waals surface area contributed by atoms with Crippen molar-refractivity contribution >= 4 is 11.6 Å². The Bertz CT molecular complexity index is 638. The Morgan fingerprint density at radius 3 is 2.52 bits per heavy atom. The molecule has 1 saturated carbocycles. The summed E-state index contributed by atoms with van der Waals surface area (Å²) in [6.45, 7) is 11.5. The van der Waals surface area contributed by atoms with Crippen LogP contribution in [0.15, 0.2) is 18.3 Å². The van der Waals surface area contributed by atoms with Gasteiger partial charge in [-0.3, -0.25) is 0 Å². The summed E-state index contributed by atoms with van der Waals surface area (Å²) in [5.74, 6) is 0.749. The van der Waals surface area contributed by atoms with Crippen LogP contribution in [0, 0.1) is 17.8 Å². The second-order valence-corrected chi connectivity index (χ2v) is 8.20. The standard InChI is InChI=1S/C17H26N4/c1-12-6-7-21-14(8-12)19-15(20-21)18-13-9-16(2,3)11-17(4,5)10-13/h6-8,13H,9-11H2,1-5H3,(H,18,20). The third-order valence-corrected chi connectivity index (χ3v) is 4.38. The van der Waals surface area contributed by atoms with Crippen molar-refractivity contribution in [3.05, 3.63) is 23.9 Å². The van der Waals surface area contributed by atoms with Crippen molar-refractivity contribution in [2.75, 3.05) is 5.32 Å². The molecule has 1 fully saturated rings. The monoisotopic (exact) mass is 286 g/mol. The maximum atomic E-state index is 4.60. The molecule has 4 heteroatoms. The van der Waals surface area contributed by atoms with Gasteiger partial charge in [-0.25, -0.2) is 4.52 Å². The molecule has 4 nitrogen and oxygen atoms in total. The second kappa shape index (κ2) is 4.72. The number of rotatable bonds is 2. The normalized spacial score (nSPS) is 21.6. The summed E-state index contributed by atoms with van der Waals surface area (Å²) >= 11 is 0. The molecule has 0 aliphatic heterocycles. The van der Waals surface area contributed by atoms with Crippen molar-refractivity contribution in [3.8, 4) is 0 Å². The van der Waals surface area contributed by atoms with Gasteiger partial charge in [0.25, 0.3) is 0 Å². The molecule has 0 saturated heterocycles. The molecule has 1 N–H and O–H groups in total. The van der Waals surface area contributed by atoms with Crippen molar-refractivity contribution in [3.63, 3.8) is 0 Å². The predicted octanol–water partition coefficient (Wildman–Crippen LogP) is 4.05. The summed E-state index contributed by atoms with van der Waals surface area (Å²) < 4.78 is 1.84. The molecule has 1 aliphatic carbocycles. The molecular formula is C17H26N4. The van der Waals surface area contributed by atoms with E-state index < -0.39 is 0 Å². The smallest absolute Gasteiger partial charge is 0.243 e. The van der Waals surface area contributed by atoms with E-state index in [-0.39, 0.29) is 0 Å². The fourth-order valence-corrected chi connectivity index (χ4v) is 4.18. The zero-order valence-electron chi connectivity index (χ0n) is 13.8. The van der Waals surface area contributed by atoms with Crippen LogP contribution in [-0.4, -0.2) is 20.6 Å². The Morgan fingerprint density at radius 1 is 1.19 bits per heavy atom. The van der Waals surface area contributed by atoms with Gasteiger partial charge in [0.2, 0.25) is 5.95 Å². The fraction of sp³-hybridized carbons (Fsp3) is 0.647. The minimum atomic E-state index is 0.370. The zero-order valence-corrected chi connectivity index (χ0v) is 13.8. The number of anilines is 1. The highest BCUT2D eigenvalue weighted by Crippen LogP contribution is 2.46. The van der Waals surface area contributed by atoms with Gasteiger partial charge in [-0.2, -0.15) is 4.98 Å². The van der Waals surface area contributed by atoms with Gasteiger partial charge in [0.15, 0.2) is 5.65 Å². The molecule has 0 atom stereocenters. The molecule has 0 radical (unpaired) electrons. The minimum Gasteiger partial charge on any atom is -0.350 e. The molecule has 3 rings (SSSR count). The molecule has 0 unspecified atom stereocenters. The topological polar surface area (TPSA) is 42.2 Å². The highest BCUT2D eigenvalue weighted by molar-refractivity contribution is 5.45. The molecule has 2 aromatic heterocycles. The Balaban J connectivity index is 1.81. The van der Waals surface area contributed by atoms with Crippen molar-refractivity contribution < 1.29 is 0 Å². The van der Waals surface area contributed by atoms with Gasteiger partial charge in [0.05, 0.1) is 0 Å². The average molecular weight is 286 g/mol. The first-order valence-corrected chi connectivity index (χ1v) is 7.82. The van der Waals surface area contributed by atoms with E-state index in [1.54, 1.807) is 0 Å². The second-order valence-electron chi connectivity index (χ2n) is 8.20. The van der Waals surface area contributed by atoms with E-state index in [9.17, 15) is 0 Å². The van der Waals surface area contributed by atoms with Crippen LogP contribution in [0.1, 0.15) is 52.5 Å². The van der Waals surface area contributed by atoms with Crippen LogP contribution in [0.2, 0.25) is 0 Å². The summed E-state index contributed by atoms with van der Waals surface area (Å²) in [7, 11) is 0. The predicted molar refractivity (Wildman–Crippen MR) is 86.5 cm³/mol. The van der Waals surface area contributed by atoms with Crippen LogP contribution >= 0.6 is 0 Å². The van der Waals surface area contributed by atoms with Crippen LogP contribution in [0.3, 0.4) is 0 Å². The minimum absolute atomic E-state index is 0.370. The summed E-state index contributed by atoms with van der Waals surface area (Å²) in [6, 6.07) is 4.56. The van der Waals surface area contributed by atoms with Gasteiger partial charge in [0, 0.05) is 12.2 Å². The maximum Gasteiger partial charge on any atom is 0.243 e. The summed E-state index contributed by atoms with van der Waals surface area (Å²) in [6.07, 6.45) is 5.59. The van der Waals surface area contributed by atoms with Gasteiger partial charge >= 0.3 is 0 Å². The third-order valence-electron chi connectivity index (χ3n) is 4.38. The number of pyridine rings is 1. The fourth-order valence-electron chi connectivity index (χ4n) is 4.18. The van der Waals surface area contributed by atoms with Crippen LogP contribution < -0.4 is 5.32 Å². The molecule has 0 spiro atoms. The van der Waals surface area contributed by atoms with Gasteiger partial charge in [-0.15, -0.1) is 5.10 Å². The first kappa shape index (κ1) is 14.4. The number of nitrogens with one attached hydrogen (secondary N) is 1. The van der Waals surface area contributed by atoms with Crippen molar-refractivity contribution in [2.24, 2.45) is 10.8 Å². The van der Waals surface area contributed by atoms with E-state index in [1.165, 1.54) is 24.8 Å². The van der Waals surface area contributed by atoms with E-state index >= 15 is 0 Å². The lowest BCUT2D eigenvalue weighted by Crippen LogP contribution is -2.40. The SMILES string of the molecule is Cc1ccn2nc(NC3CC(C)(C)CC(C)(C)C3)nc2c1. The average Bonchev–Trinajstić information content (AvgIpc) is 2.65. The van der Waals surface area contributed by atoms with Crippen molar-refractivity contribution in [1.82, 2.24) is 14.6 Å². The van der Waals surface area contributed by atoms with Crippen LogP contribution in [-0.2, 0) is 0 Å². The highest BCUT2D eigenvalue weighted by Gasteiger charge is 2.38. The Hall–Kier alpha value is -1.58. The van der Waals surface area contributed by atoms with Crippen LogP contribution in [0.25, 0.3) is 5.65 Å². The lowest BCUT2D eigenvalue weighted by atomic mass is 9.63. The molecule has 2 aromatic rings. The quantitative estimate of drug-likeness (QED) is 0.905. The van der Waals surface area contributed by atoms with Crippen LogP contribution in [0.4, 0.5) is 5.95 Å². The van der Waals surface area contributed by atoms with Gasteiger partial charge < -0.3 is 5.32 Å². The molecule has 114 valence electrons. The lowest BCUT2D eigenvalue weighted by Gasteiger charge is -2.45. The first-order valence-electron chi connectivity index (χ1n) is 7.82.